The van der Waals surface area contributed by atoms with Gasteiger partial charge in [0.2, 0.25) is 5.95 Å². The van der Waals surface area contributed by atoms with Crippen molar-refractivity contribution >= 4 is 17.5 Å². The summed E-state index contributed by atoms with van der Waals surface area (Å²) in [5.74, 6) is 1.24. The molecule has 0 saturated heterocycles. The SMILES string of the molecule is COc1cccc([C@@H]2C(C(=O)Nc3ccccc3)=C(C)Nc3nnnn32)c1OC. The first-order chi connectivity index (χ1) is 14.1. The predicted molar refractivity (Wildman–Crippen MR) is 107 cm³/mol. The number of ether oxygens (including phenoxy) is 2. The number of anilines is 2. The Bertz CT molecular complexity index is 1080. The van der Waals surface area contributed by atoms with Crippen LogP contribution in [0.25, 0.3) is 0 Å². The second kappa shape index (κ2) is 7.63. The van der Waals surface area contributed by atoms with E-state index in [2.05, 4.69) is 26.2 Å². The normalized spacial score (nSPS) is 15.3. The summed E-state index contributed by atoms with van der Waals surface area (Å²) in [6, 6.07) is 14.2. The molecular formula is C20H20N6O3. The van der Waals surface area contributed by atoms with Crippen LogP contribution in [0.2, 0.25) is 0 Å². The summed E-state index contributed by atoms with van der Waals surface area (Å²) in [7, 11) is 3.12. The second-order valence-electron chi connectivity index (χ2n) is 6.42. The number of hydrogen-bond acceptors (Lipinski definition) is 7. The molecule has 0 bridgehead atoms. The molecule has 0 unspecified atom stereocenters. The third-order valence-electron chi connectivity index (χ3n) is 4.72. The van der Waals surface area contributed by atoms with Crippen LogP contribution in [0.15, 0.2) is 59.8 Å². The molecule has 9 nitrogen and oxygen atoms in total. The first-order valence-corrected chi connectivity index (χ1v) is 8.97. The van der Waals surface area contributed by atoms with E-state index in [1.165, 1.54) is 0 Å². The van der Waals surface area contributed by atoms with E-state index in [9.17, 15) is 4.79 Å². The summed E-state index contributed by atoms with van der Waals surface area (Å²) in [5.41, 5.74) is 2.52. The Kier molecular flexibility index (Phi) is 4.86. The van der Waals surface area contributed by atoms with Crippen LogP contribution in [-0.2, 0) is 4.79 Å². The first-order valence-electron chi connectivity index (χ1n) is 8.97. The Balaban J connectivity index is 1.84. The lowest BCUT2D eigenvalue weighted by molar-refractivity contribution is -0.113. The number of benzene rings is 2. The molecule has 0 radical (unpaired) electrons. The lowest BCUT2D eigenvalue weighted by Gasteiger charge is -2.29. The Labute approximate surface area is 167 Å². The van der Waals surface area contributed by atoms with E-state index in [1.54, 1.807) is 25.0 Å². The molecule has 1 aliphatic heterocycles. The number of allylic oxidation sites excluding steroid dienone is 1. The molecule has 0 spiro atoms. The average Bonchev–Trinajstić information content (AvgIpc) is 3.20. The number of tetrazole rings is 1. The molecule has 148 valence electrons. The van der Waals surface area contributed by atoms with Crippen molar-refractivity contribution in [3.05, 3.63) is 65.4 Å². The maximum atomic E-state index is 13.3. The molecular weight excluding hydrogens is 372 g/mol. The number of methoxy groups -OCH3 is 2. The summed E-state index contributed by atoms with van der Waals surface area (Å²) in [6.45, 7) is 1.82. The molecule has 1 amide bonds. The molecule has 1 atom stereocenters. The van der Waals surface area contributed by atoms with Crippen molar-refractivity contribution in [2.45, 2.75) is 13.0 Å². The van der Waals surface area contributed by atoms with E-state index in [4.69, 9.17) is 9.47 Å². The van der Waals surface area contributed by atoms with Crippen LogP contribution < -0.4 is 20.1 Å². The van der Waals surface area contributed by atoms with Crippen molar-refractivity contribution in [3.8, 4) is 11.5 Å². The largest absolute Gasteiger partial charge is 0.493 e. The van der Waals surface area contributed by atoms with Gasteiger partial charge < -0.3 is 20.1 Å². The van der Waals surface area contributed by atoms with Gasteiger partial charge in [-0.3, -0.25) is 4.79 Å². The molecule has 3 aromatic rings. The van der Waals surface area contributed by atoms with Gasteiger partial charge in [0, 0.05) is 16.9 Å². The molecule has 1 aromatic heterocycles. The zero-order chi connectivity index (χ0) is 20.4. The van der Waals surface area contributed by atoms with E-state index < -0.39 is 6.04 Å². The fourth-order valence-corrected chi connectivity index (χ4v) is 3.44. The number of nitrogens with one attached hydrogen (secondary N) is 2. The monoisotopic (exact) mass is 392 g/mol. The number of carbonyl (C=O) groups excluding carboxylic acids is 1. The number of hydrogen-bond donors (Lipinski definition) is 2. The molecule has 0 aliphatic carbocycles. The van der Waals surface area contributed by atoms with Gasteiger partial charge in [-0.15, -0.1) is 0 Å². The fourth-order valence-electron chi connectivity index (χ4n) is 3.44. The van der Waals surface area contributed by atoms with Crippen LogP contribution in [0.1, 0.15) is 18.5 Å². The van der Waals surface area contributed by atoms with Crippen molar-refractivity contribution in [2.24, 2.45) is 0 Å². The maximum Gasteiger partial charge on any atom is 0.255 e. The molecule has 0 saturated carbocycles. The summed E-state index contributed by atoms with van der Waals surface area (Å²) < 4.78 is 12.6. The van der Waals surface area contributed by atoms with Gasteiger partial charge in [0.25, 0.3) is 5.91 Å². The summed E-state index contributed by atoms with van der Waals surface area (Å²) in [6.07, 6.45) is 0. The highest BCUT2D eigenvalue weighted by atomic mass is 16.5. The van der Waals surface area contributed by atoms with Crippen LogP contribution in [0.3, 0.4) is 0 Å². The van der Waals surface area contributed by atoms with Crippen molar-refractivity contribution < 1.29 is 14.3 Å². The van der Waals surface area contributed by atoms with Gasteiger partial charge in [-0.25, -0.2) is 0 Å². The number of carbonyl (C=O) groups is 1. The van der Waals surface area contributed by atoms with Crippen molar-refractivity contribution in [2.75, 3.05) is 24.9 Å². The quantitative estimate of drug-likeness (QED) is 0.688. The smallest absolute Gasteiger partial charge is 0.255 e. The standard InChI is InChI=1S/C20H20N6O3/c1-12-16(19(27)22-13-8-5-4-6-9-13)17(26-20(21-12)23-24-25-26)14-10-7-11-15(28-2)18(14)29-3/h4-11,17H,1-3H3,(H,22,27)(H,21,23,25)/t17-/m1/s1. The predicted octanol–water partition coefficient (Wildman–Crippen LogP) is 2.62. The number of fused-ring (bicyclic) bond motifs is 1. The van der Waals surface area contributed by atoms with Crippen LogP contribution in [0.5, 0.6) is 11.5 Å². The summed E-state index contributed by atoms with van der Waals surface area (Å²) in [5, 5.41) is 17.9. The van der Waals surface area contributed by atoms with Gasteiger partial charge >= 0.3 is 0 Å². The zero-order valence-electron chi connectivity index (χ0n) is 16.2. The third kappa shape index (κ3) is 3.27. The topological polar surface area (TPSA) is 103 Å². The zero-order valence-corrected chi connectivity index (χ0v) is 16.2. The van der Waals surface area contributed by atoms with Gasteiger partial charge in [0.15, 0.2) is 11.5 Å². The molecule has 1 aliphatic rings. The van der Waals surface area contributed by atoms with Gasteiger partial charge in [-0.05, 0) is 35.5 Å². The maximum absolute atomic E-state index is 13.3. The Morgan fingerprint density at radius 1 is 1.10 bits per heavy atom. The van der Waals surface area contributed by atoms with Gasteiger partial charge in [0.05, 0.1) is 19.8 Å². The van der Waals surface area contributed by atoms with E-state index >= 15 is 0 Å². The number of aromatic nitrogens is 4. The number of amides is 1. The van der Waals surface area contributed by atoms with Crippen molar-refractivity contribution in [1.29, 1.82) is 0 Å². The molecule has 4 rings (SSSR count). The molecule has 29 heavy (non-hydrogen) atoms. The number of para-hydroxylation sites is 2. The average molecular weight is 392 g/mol. The van der Waals surface area contributed by atoms with Gasteiger partial charge in [-0.1, -0.05) is 35.4 Å². The molecule has 2 N–H and O–H groups in total. The van der Waals surface area contributed by atoms with Gasteiger partial charge in [0.1, 0.15) is 6.04 Å². The highest BCUT2D eigenvalue weighted by molar-refractivity contribution is 6.06. The van der Waals surface area contributed by atoms with Crippen molar-refractivity contribution in [1.82, 2.24) is 20.2 Å². The van der Waals surface area contributed by atoms with Crippen LogP contribution in [0, 0.1) is 0 Å². The number of rotatable bonds is 5. The molecule has 2 heterocycles. The molecule has 2 aromatic carbocycles. The highest BCUT2D eigenvalue weighted by Crippen LogP contribution is 2.42. The highest BCUT2D eigenvalue weighted by Gasteiger charge is 2.36. The van der Waals surface area contributed by atoms with Gasteiger partial charge in [-0.2, -0.15) is 4.68 Å². The first kappa shape index (κ1) is 18.5. The fraction of sp³-hybridized carbons (Fsp3) is 0.200. The lowest BCUT2D eigenvalue weighted by Crippen LogP contribution is -2.31. The second-order valence-corrected chi connectivity index (χ2v) is 6.42. The van der Waals surface area contributed by atoms with Crippen LogP contribution in [-0.4, -0.2) is 40.3 Å². The Morgan fingerprint density at radius 2 is 1.90 bits per heavy atom. The number of nitrogens with zero attached hydrogens (tertiary/aromatic N) is 4. The lowest BCUT2D eigenvalue weighted by atomic mass is 9.94. The van der Waals surface area contributed by atoms with Crippen LogP contribution in [0.4, 0.5) is 11.6 Å². The summed E-state index contributed by atoms with van der Waals surface area (Å²) in [4.78, 5) is 13.3. The minimum Gasteiger partial charge on any atom is -0.493 e. The minimum atomic E-state index is -0.602. The van der Waals surface area contributed by atoms with Crippen molar-refractivity contribution in [3.63, 3.8) is 0 Å². The molecule has 9 heteroatoms. The third-order valence-corrected chi connectivity index (χ3v) is 4.72. The van der Waals surface area contributed by atoms with Crippen LogP contribution >= 0.6 is 0 Å². The van der Waals surface area contributed by atoms with E-state index in [0.29, 0.717) is 40.0 Å². The van der Waals surface area contributed by atoms with E-state index in [-0.39, 0.29) is 5.91 Å². The van der Waals surface area contributed by atoms with E-state index in [0.717, 1.165) is 0 Å². The Morgan fingerprint density at radius 3 is 2.62 bits per heavy atom. The van der Waals surface area contributed by atoms with E-state index in [1.807, 2.05) is 49.4 Å². The molecule has 0 fully saturated rings. The Hall–Kier alpha value is -3.88. The summed E-state index contributed by atoms with van der Waals surface area (Å²) >= 11 is 0. The minimum absolute atomic E-state index is 0.266.